The van der Waals surface area contributed by atoms with Crippen molar-refractivity contribution < 1.29 is 4.79 Å². The van der Waals surface area contributed by atoms with Crippen LogP contribution in [0.5, 0.6) is 0 Å². The Kier molecular flexibility index (Phi) is 6.59. The monoisotopic (exact) mass is 541 g/mol. The zero-order chi connectivity index (χ0) is 24.3. The van der Waals surface area contributed by atoms with Gasteiger partial charge >= 0.3 is 0 Å². The standard InChI is InChI=1S/C30H44BrN3O/c1-32(2)11-12-33(3)27(35)18-24-19-30(28-25(24)5-4-6-26(28)31)7-9-34(10-8-30)29-22-14-20-13-21(16-22)17-23(29)15-20/h4-6,20-24,29H,7-19H2,1-3H3. The number of benzene rings is 1. The van der Waals surface area contributed by atoms with Crippen LogP contribution in [0.3, 0.4) is 0 Å². The van der Waals surface area contributed by atoms with E-state index in [0.29, 0.717) is 18.2 Å². The molecule has 1 aliphatic heterocycles. The van der Waals surface area contributed by atoms with Crippen molar-refractivity contribution >= 4 is 21.8 Å². The van der Waals surface area contributed by atoms with E-state index >= 15 is 0 Å². The Hall–Kier alpha value is -0.910. The molecule has 0 N–H and O–H groups in total. The number of likely N-dealkylation sites (N-methyl/N-ethyl adjacent to an activating group) is 2. The van der Waals surface area contributed by atoms with Gasteiger partial charge in [-0.2, -0.15) is 0 Å². The van der Waals surface area contributed by atoms with E-state index in [2.05, 4.69) is 58.0 Å². The molecule has 4 nitrogen and oxygen atoms in total. The Morgan fingerprint density at radius 2 is 1.66 bits per heavy atom. The molecular weight excluding hydrogens is 498 g/mol. The second-order valence-electron chi connectivity index (χ2n) is 13.2. The molecule has 1 heterocycles. The average molecular weight is 543 g/mol. The van der Waals surface area contributed by atoms with Gasteiger partial charge in [0.2, 0.25) is 5.91 Å². The lowest BCUT2D eigenvalue weighted by atomic mass is 9.53. The second kappa shape index (κ2) is 9.44. The molecule has 6 aliphatic rings. The summed E-state index contributed by atoms with van der Waals surface area (Å²) in [6.45, 7) is 4.21. The Morgan fingerprint density at radius 1 is 1.00 bits per heavy atom. The van der Waals surface area contributed by atoms with Crippen LogP contribution in [0, 0.1) is 23.7 Å². The fraction of sp³-hybridized carbons (Fsp3) is 0.767. The number of rotatable bonds is 6. The molecule has 1 atom stereocenters. The van der Waals surface area contributed by atoms with Crippen LogP contribution in [-0.4, -0.2) is 74.0 Å². The third-order valence-electron chi connectivity index (χ3n) is 10.7. The largest absolute Gasteiger partial charge is 0.344 e. The van der Waals surface area contributed by atoms with Crippen molar-refractivity contribution in [3.63, 3.8) is 0 Å². The van der Waals surface area contributed by atoms with Gasteiger partial charge in [0.15, 0.2) is 0 Å². The summed E-state index contributed by atoms with van der Waals surface area (Å²) in [5.74, 6) is 4.71. The van der Waals surface area contributed by atoms with Crippen LogP contribution < -0.4 is 0 Å². The van der Waals surface area contributed by atoms with Gasteiger partial charge in [-0.25, -0.2) is 0 Å². The maximum atomic E-state index is 13.2. The lowest BCUT2D eigenvalue weighted by molar-refractivity contribution is -0.130. The van der Waals surface area contributed by atoms with Crippen LogP contribution in [0.4, 0.5) is 0 Å². The maximum Gasteiger partial charge on any atom is 0.222 e. The van der Waals surface area contributed by atoms with Crippen LogP contribution in [0.2, 0.25) is 0 Å². The summed E-state index contributed by atoms with van der Waals surface area (Å²) in [4.78, 5) is 20.2. The number of nitrogens with zero attached hydrogens (tertiary/aromatic N) is 3. The molecule has 1 saturated heterocycles. The molecule has 192 valence electrons. The van der Waals surface area contributed by atoms with E-state index in [0.717, 1.165) is 49.2 Å². The molecule has 5 fully saturated rings. The normalized spacial score (nSPS) is 35.1. The molecule has 0 radical (unpaired) electrons. The zero-order valence-electron chi connectivity index (χ0n) is 22.0. The Balaban J connectivity index is 1.16. The van der Waals surface area contributed by atoms with E-state index in [1.54, 1.807) is 5.56 Å². The minimum atomic E-state index is 0.241. The maximum absolute atomic E-state index is 13.2. The van der Waals surface area contributed by atoms with Gasteiger partial charge in [-0.3, -0.25) is 9.69 Å². The Morgan fingerprint density at radius 3 is 2.29 bits per heavy atom. The highest BCUT2D eigenvalue weighted by molar-refractivity contribution is 9.10. The van der Waals surface area contributed by atoms with Crippen LogP contribution in [0.15, 0.2) is 22.7 Å². The first kappa shape index (κ1) is 24.4. The smallest absolute Gasteiger partial charge is 0.222 e. The van der Waals surface area contributed by atoms with Gasteiger partial charge in [0.1, 0.15) is 0 Å². The average Bonchev–Trinajstić information content (AvgIpc) is 3.11. The Labute approximate surface area is 220 Å². The molecule has 1 spiro atoms. The summed E-state index contributed by atoms with van der Waals surface area (Å²) in [5.41, 5.74) is 3.22. The zero-order valence-corrected chi connectivity index (χ0v) is 23.6. The van der Waals surface area contributed by atoms with Gasteiger partial charge in [0, 0.05) is 37.1 Å². The van der Waals surface area contributed by atoms with Crippen molar-refractivity contribution in [2.75, 3.05) is 47.3 Å². The van der Waals surface area contributed by atoms with Gasteiger partial charge in [-0.15, -0.1) is 0 Å². The molecule has 4 saturated carbocycles. The summed E-state index contributed by atoms with van der Waals surface area (Å²) < 4.78 is 1.27. The van der Waals surface area contributed by atoms with Gasteiger partial charge in [0.25, 0.3) is 0 Å². The number of halogens is 1. The number of hydrogen-bond donors (Lipinski definition) is 0. The molecule has 7 rings (SSSR count). The second-order valence-corrected chi connectivity index (χ2v) is 14.0. The van der Waals surface area contributed by atoms with Crippen molar-refractivity contribution in [1.29, 1.82) is 0 Å². The fourth-order valence-corrected chi connectivity index (χ4v) is 10.1. The summed E-state index contributed by atoms with van der Waals surface area (Å²) in [7, 11) is 6.12. The number of hydrogen-bond acceptors (Lipinski definition) is 3. The predicted octanol–water partition coefficient (Wildman–Crippen LogP) is 5.50. The highest BCUT2D eigenvalue weighted by Crippen LogP contribution is 2.58. The van der Waals surface area contributed by atoms with Gasteiger partial charge < -0.3 is 9.80 Å². The highest BCUT2D eigenvalue weighted by atomic mass is 79.9. The molecule has 0 aromatic heterocycles. The topological polar surface area (TPSA) is 26.8 Å². The third kappa shape index (κ3) is 4.42. The fourth-order valence-electron chi connectivity index (χ4n) is 9.34. The van der Waals surface area contributed by atoms with Crippen molar-refractivity contribution in [2.45, 2.75) is 75.2 Å². The summed E-state index contributed by atoms with van der Waals surface area (Å²) in [5, 5.41) is 0. The summed E-state index contributed by atoms with van der Waals surface area (Å²) in [6, 6.07) is 7.59. The SMILES string of the molecule is CN(C)CCN(C)C(=O)CC1CC2(CCN(C3C4CC5CC(C4)CC3C5)CC2)c2c(Br)cccc21. The molecule has 5 heteroatoms. The first-order valence-electron chi connectivity index (χ1n) is 14.2. The van der Waals surface area contributed by atoms with Crippen LogP contribution >= 0.6 is 15.9 Å². The van der Waals surface area contributed by atoms with Crippen LogP contribution in [0.1, 0.15) is 74.8 Å². The van der Waals surface area contributed by atoms with Gasteiger partial charge in [0.05, 0.1) is 0 Å². The molecule has 1 aromatic carbocycles. The molecule has 5 aliphatic carbocycles. The molecule has 4 bridgehead atoms. The minimum Gasteiger partial charge on any atom is -0.344 e. The first-order chi connectivity index (χ1) is 16.8. The lowest BCUT2D eigenvalue weighted by Crippen LogP contribution is -2.58. The minimum absolute atomic E-state index is 0.241. The van der Waals surface area contributed by atoms with Crippen molar-refractivity contribution in [3.05, 3.63) is 33.8 Å². The van der Waals surface area contributed by atoms with E-state index < -0.39 is 0 Å². The number of fused-ring (bicyclic) bond motifs is 2. The molecule has 35 heavy (non-hydrogen) atoms. The van der Waals surface area contributed by atoms with E-state index in [4.69, 9.17) is 0 Å². The first-order valence-corrected chi connectivity index (χ1v) is 15.0. The number of carbonyl (C=O) groups is 1. The quantitative estimate of drug-likeness (QED) is 0.475. The summed E-state index contributed by atoms with van der Waals surface area (Å²) >= 11 is 3.95. The molecule has 1 aromatic rings. The molecule has 1 unspecified atom stereocenters. The predicted molar refractivity (Wildman–Crippen MR) is 146 cm³/mol. The lowest BCUT2D eigenvalue weighted by Gasteiger charge is -2.58. The van der Waals surface area contributed by atoms with Gasteiger partial charge in [-0.1, -0.05) is 28.1 Å². The van der Waals surface area contributed by atoms with Crippen LogP contribution in [-0.2, 0) is 10.2 Å². The number of amides is 1. The summed E-state index contributed by atoms with van der Waals surface area (Å²) in [6.07, 6.45) is 11.9. The van der Waals surface area contributed by atoms with Crippen LogP contribution in [0.25, 0.3) is 0 Å². The van der Waals surface area contributed by atoms with E-state index in [9.17, 15) is 4.79 Å². The number of carbonyl (C=O) groups excluding carboxylic acids is 1. The van der Waals surface area contributed by atoms with E-state index in [1.165, 1.54) is 68.1 Å². The van der Waals surface area contributed by atoms with Crippen molar-refractivity contribution in [2.24, 2.45) is 23.7 Å². The highest BCUT2D eigenvalue weighted by Gasteiger charge is 2.53. The molecule has 1 amide bonds. The third-order valence-corrected chi connectivity index (χ3v) is 11.4. The number of piperidine rings is 1. The van der Waals surface area contributed by atoms with E-state index in [-0.39, 0.29) is 5.41 Å². The van der Waals surface area contributed by atoms with Crippen molar-refractivity contribution in [1.82, 2.24) is 14.7 Å². The molecular formula is C30H44BrN3O. The Bertz CT molecular complexity index is 925. The van der Waals surface area contributed by atoms with Gasteiger partial charge in [-0.05, 0) is 131 Å². The van der Waals surface area contributed by atoms with E-state index in [1.807, 2.05) is 11.9 Å². The van der Waals surface area contributed by atoms with Crippen molar-refractivity contribution in [3.8, 4) is 0 Å². The number of likely N-dealkylation sites (tertiary alicyclic amines) is 1.